The number of rotatable bonds is 2. The van der Waals surface area contributed by atoms with Crippen LogP contribution >= 0.6 is 12.4 Å². The molecule has 1 atom stereocenters. The molecule has 1 aliphatic heterocycles. The maximum absolute atomic E-state index is 13.4. The number of halogens is 2. The molecule has 0 amide bonds. The second-order valence-electron chi connectivity index (χ2n) is 3.87. The van der Waals surface area contributed by atoms with E-state index in [0.29, 0.717) is 11.8 Å². The van der Waals surface area contributed by atoms with E-state index in [1.165, 1.54) is 0 Å². The SMILES string of the molecule is Cl.FC(C1CCNCC1)C1CC1. The predicted octanol–water partition coefficient (Wildman–Crippen LogP) is 2.16. The lowest BCUT2D eigenvalue weighted by Crippen LogP contribution is -2.33. The first kappa shape index (κ1) is 10.3. The summed E-state index contributed by atoms with van der Waals surface area (Å²) in [6.07, 6.45) is 3.92. The minimum absolute atomic E-state index is 0. The number of hydrogen-bond donors (Lipinski definition) is 1. The smallest absolute Gasteiger partial charge is 0.106 e. The van der Waals surface area contributed by atoms with E-state index in [0.717, 1.165) is 38.8 Å². The number of nitrogens with one attached hydrogen (secondary N) is 1. The van der Waals surface area contributed by atoms with Gasteiger partial charge in [-0.2, -0.15) is 0 Å². The van der Waals surface area contributed by atoms with E-state index < -0.39 is 6.17 Å². The monoisotopic (exact) mass is 193 g/mol. The number of piperidine rings is 1. The van der Waals surface area contributed by atoms with Crippen molar-refractivity contribution in [1.29, 1.82) is 0 Å². The molecule has 1 nitrogen and oxygen atoms in total. The van der Waals surface area contributed by atoms with Gasteiger partial charge in [0, 0.05) is 0 Å². The van der Waals surface area contributed by atoms with Gasteiger partial charge in [-0.15, -0.1) is 12.4 Å². The topological polar surface area (TPSA) is 12.0 Å². The van der Waals surface area contributed by atoms with Crippen LogP contribution in [0.15, 0.2) is 0 Å². The van der Waals surface area contributed by atoms with Crippen molar-refractivity contribution in [3.8, 4) is 0 Å². The van der Waals surface area contributed by atoms with Crippen molar-refractivity contribution in [2.75, 3.05) is 13.1 Å². The predicted molar refractivity (Wildman–Crippen MR) is 50.5 cm³/mol. The Kier molecular flexibility index (Phi) is 3.78. The first-order chi connectivity index (χ1) is 5.38. The zero-order valence-corrected chi connectivity index (χ0v) is 8.08. The first-order valence-corrected chi connectivity index (χ1v) is 4.72. The molecule has 1 heterocycles. The molecule has 0 bridgehead atoms. The third-order valence-corrected chi connectivity index (χ3v) is 2.91. The first-order valence-electron chi connectivity index (χ1n) is 4.72. The molecule has 2 aliphatic rings. The third kappa shape index (κ3) is 2.33. The summed E-state index contributed by atoms with van der Waals surface area (Å²) in [6.45, 7) is 2.05. The van der Waals surface area contributed by atoms with E-state index in [9.17, 15) is 4.39 Å². The number of alkyl halides is 1. The third-order valence-electron chi connectivity index (χ3n) is 2.91. The van der Waals surface area contributed by atoms with Crippen molar-refractivity contribution < 1.29 is 4.39 Å². The standard InChI is InChI=1S/C9H16FN.ClH/c10-9(7-1-2-7)8-3-5-11-6-4-8;/h7-9,11H,1-6H2;1H. The lowest BCUT2D eigenvalue weighted by Gasteiger charge is -2.25. The molecule has 12 heavy (non-hydrogen) atoms. The van der Waals surface area contributed by atoms with Crippen LogP contribution in [-0.2, 0) is 0 Å². The minimum Gasteiger partial charge on any atom is -0.317 e. The average molecular weight is 194 g/mol. The molecule has 0 radical (unpaired) electrons. The summed E-state index contributed by atoms with van der Waals surface area (Å²) in [4.78, 5) is 0. The fourth-order valence-electron chi connectivity index (χ4n) is 1.96. The van der Waals surface area contributed by atoms with Crippen LogP contribution in [-0.4, -0.2) is 19.3 Å². The van der Waals surface area contributed by atoms with E-state index in [1.807, 2.05) is 0 Å². The average Bonchev–Trinajstić information content (AvgIpc) is 2.87. The molecule has 0 aromatic heterocycles. The molecule has 1 aliphatic carbocycles. The molecule has 0 aromatic rings. The highest BCUT2D eigenvalue weighted by Crippen LogP contribution is 2.39. The van der Waals surface area contributed by atoms with E-state index in [1.54, 1.807) is 0 Å². The van der Waals surface area contributed by atoms with Gasteiger partial charge in [-0.25, -0.2) is 4.39 Å². The second kappa shape index (κ2) is 4.43. The Bertz CT molecular complexity index is 132. The largest absolute Gasteiger partial charge is 0.317 e. The molecule has 1 unspecified atom stereocenters. The maximum atomic E-state index is 13.4. The molecule has 0 spiro atoms. The molecular weight excluding hydrogens is 177 g/mol. The fraction of sp³-hybridized carbons (Fsp3) is 1.00. The molecule has 1 N–H and O–H groups in total. The van der Waals surface area contributed by atoms with E-state index in [2.05, 4.69) is 5.32 Å². The van der Waals surface area contributed by atoms with E-state index in [4.69, 9.17) is 0 Å². The van der Waals surface area contributed by atoms with Gasteiger partial charge in [0.2, 0.25) is 0 Å². The molecule has 3 heteroatoms. The highest BCUT2D eigenvalue weighted by atomic mass is 35.5. The van der Waals surface area contributed by atoms with Crippen LogP contribution in [0.5, 0.6) is 0 Å². The van der Waals surface area contributed by atoms with E-state index >= 15 is 0 Å². The molecular formula is C9H17ClFN. The van der Waals surface area contributed by atoms with Gasteiger partial charge in [-0.3, -0.25) is 0 Å². The molecule has 2 rings (SSSR count). The van der Waals surface area contributed by atoms with Crippen LogP contribution in [0.4, 0.5) is 4.39 Å². The lowest BCUT2D eigenvalue weighted by molar-refractivity contribution is 0.165. The quantitative estimate of drug-likeness (QED) is 0.709. The van der Waals surface area contributed by atoms with Crippen LogP contribution in [0.25, 0.3) is 0 Å². The van der Waals surface area contributed by atoms with Gasteiger partial charge < -0.3 is 5.32 Å². The Morgan fingerprint density at radius 2 is 1.50 bits per heavy atom. The van der Waals surface area contributed by atoms with Gasteiger partial charge in [-0.1, -0.05) is 0 Å². The summed E-state index contributed by atoms with van der Waals surface area (Å²) < 4.78 is 13.4. The van der Waals surface area contributed by atoms with Crippen LogP contribution in [0.2, 0.25) is 0 Å². The van der Waals surface area contributed by atoms with Gasteiger partial charge in [-0.05, 0) is 50.6 Å². The van der Waals surface area contributed by atoms with Gasteiger partial charge in [0.15, 0.2) is 0 Å². The Morgan fingerprint density at radius 1 is 1.00 bits per heavy atom. The molecule has 1 saturated heterocycles. The summed E-state index contributed by atoms with van der Waals surface area (Å²) in [6, 6.07) is 0. The lowest BCUT2D eigenvalue weighted by atomic mass is 9.91. The Hall–Kier alpha value is 0.180. The van der Waals surface area contributed by atoms with Crippen LogP contribution in [0.1, 0.15) is 25.7 Å². The van der Waals surface area contributed by atoms with Crippen molar-refractivity contribution in [3.63, 3.8) is 0 Å². The Morgan fingerprint density at radius 3 is 2.00 bits per heavy atom. The van der Waals surface area contributed by atoms with Crippen LogP contribution in [0, 0.1) is 11.8 Å². The summed E-state index contributed by atoms with van der Waals surface area (Å²) in [7, 11) is 0. The van der Waals surface area contributed by atoms with Gasteiger partial charge in [0.1, 0.15) is 6.17 Å². The van der Waals surface area contributed by atoms with Crippen LogP contribution in [0.3, 0.4) is 0 Å². The van der Waals surface area contributed by atoms with Gasteiger partial charge in [0.05, 0.1) is 0 Å². The number of hydrogen-bond acceptors (Lipinski definition) is 1. The van der Waals surface area contributed by atoms with Gasteiger partial charge in [0.25, 0.3) is 0 Å². The van der Waals surface area contributed by atoms with Crippen molar-refractivity contribution in [2.24, 2.45) is 11.8 Å². The highest BCUT2D eigenvalue weighted by Gasteiger charge is 2.36. The fourth-order valence-corrected chi connectivity index (χ4v) is 1.96. The zero-order chi connectivity index (χ0) is 7.68. The second-order valence-corrected chi connectivity index (χ2v) is 3.87. The van der Waals surface area contributed by atoms with Crippen LogP contribution < -0.4 is 5.32 Å². The van der Waals surface area contributed by atoms with Gasteiger partial charge >= 0.3 is 0 Å². The molecule has 72 valence electrons. The zero-order valence-electron chi connectivity index (χ0n) is 7.26. The van der Waals surface area contributed by atoms with Crippen molar-refractivity contribution in [3.05, 3.63) is 0 Å². The Labute approximate surface area is 79.5 Å². The summed E-state index contributed by atoms with van der Waals surface area (Å²) >= 11 is 0. The van der Waals surface area contributed by atoms with E-state index in [-0.39, 0.29) is 12.4 Å². The summed E-state index contributed by atoms with van der Waals surface area (Å²) in [5.74, 6) is 0.821. The maximum Gasteiger partial charge on any atom is 0.106 e. The normalized spacial score (nSPS) is 27.8. The molecule has 2 fully saturated rings. The van der Waals surface area contributed by atoms with Crippen molar-refractivity contribution in [2.45, 2.75) is 31.9 Å². The summed E-state index contributed by atoms with van der Waals surface area (Å²) in [5, 5.41) is 3.26. The Balaban J connectivity index is 0.000000720. The highest BCUT2D eigenvalue weighted by molar-refractivity contribution is 5.85. The molecule has 1 saturated carbocycles. The molecule has 0 aromatic carbocycles. The van der Waals surface area contributed by atoms with Crippen molar-refractivity contribution >= 4 is 12.4 Å². The minimum atomic E-state index is -0.475. The van der Waals surface area contributed by atoms with Crippen molar-refractivity contribution in [1.82, 2.24) is 5.32 Å². The summed E-state index contributed by atoms with van der Waals surface area (Å²) in [5.41, 5.74) is 0.